The lowest BCUT2D eigenvalue weighted by atomic mass is 9.78. The molecule has 2 fully saturated rings. The number of nitrogens with zero attached hydrogens (tertiary/aromatic N) is 4. The highest BCUT2D eigenvalue weighted by atomic mass is 35.5. The monoisotopic (exact) mass is 560 g/mol. The molecule has 9 heteroatoms. The Morgan fingerprint density at radius 1 is 1.08 bits per heavy atom. The summed E-state index contributed by atoms with van der Waals surface area (Å²) >= 11 is 6.03. The van der Waals surface area contributed by atoms with Gasteiger partial charge in [0.05, 0.1) is 22.3 Å². The van der Waals surface area contributed by atoms with Crippen LogP contribution in [0, 0.1) is 30.5 Å². The number of hydrogen-bond acceptors (Lipinski definition) is 3. The molecule has 1 aliphatic carbocycles. The van der Waals surface area contributed by atoms with Crippen LogP contribution in [0.2, 0.25) is 5.02 Å². The quantitative estimate of drug-likeness (QED) is 0.415. The summed E-state index contributed by atoms with van der Waals surface area (Å²) in [5.74, 6) is -2.27. The Hall–Kier alpha value is -2.58. The molecular formula is C30H36ClF3N4O. The first-order chi connectivity index (χ1) is 18.4. The van der Waals surface area contributed by atoms with Crippen molar-refractivity contribution < 1.29 is 18.0 Å². The summed E-state index contributed by atoms with van der Waals surface area (Å²) in [6, 6.07) is 6.62. The second kappa shape index (κ2) is 10.8. The Kier molecular flexibility index (Phi) is 7.72. The third-order valence-electron chi connectivity index (χ3n) is 8.58. The van der Waals surface area contributed by atoms with E-state index in [1.807, 2.05) is 22.6 Å². The zero-order valence-electron chi connectivity index (χ0n) is 22.9. The number of benzene rings is 1. The van der Waals surface area contributed by atoms with Gasteiger partial charge < -0.3 is 4.90 Å². The summed E-state index contributed by atoms with van der Waals surface area (Å²) in [5.41, 5.74) is 2.42. The molecular weight excluding hydrogens is 525 g/mol. The smallest absolute Gasteiger partial charge is 0.227 e. The summed E-state index contributed by atoms with van der Waals surface area (Å²) in [6.45, 7) is 10.6. The average Bonchev–Trinajstić information content (AvgIpc) is 3.50. The van der Waals surface area contributed by atoms with Gasteiger partial charge in [0.25, 0.3) is 0 Å². The van der Waals surface area contributed by atoms with Gasteiger partial charge in [-0.15, -0.1) is 0 Å². The van der Waals surface area contributed by atoms with Gasteiger partial charge in [-0.3, -0.25) is 9.69 Å². The van der Waals surface area contributed by atoms with Crippen molar-refractivity contribution in [2.75, 3.05) is 26.2 Å². The molecule has 2 aromatic rings. The predicted octanol–water partition coefficient (Wildman–Crippen LogP) is 6.75. The van der Waals surface area contributed by atoms with E-state index in [0.717, 1.165) is 30.3 Å². The number of halogens is 4. The largest absolute Gasteiger partial charge is 0.342 e. The number of aromatic nitrogens is 2. The van der Waals surface area contributed by atoms with Gasteiger partial charge >= 0.3 is 0 Å². The van der Waals surface area contributed by atoms with Gasteiger partial charge in [0, 0.05) is 55.3 Å². The SMILES string of the molecule is Cc1cc(C2CCN(C(=O)[C@@H]3CN(C(C)(C)C)C[C@H]3C3CC=C(F)C=C3F)CC2)n(-c2ccc(F)c(Cl)c2)n1. The third-order valence-corrected chi connectivity index (χ3v) is 8.87. The van der Waals surface area contributed by atoms with Crippen LogP contribution in [0.3, 0.4) is 0 Å². The van der Waals surface area contributed by atoms with Crippen LogP contribution < -0.4 is 0 Å². The molecule has 5 rings (SSSR count). The van der Waals surface area contributed by atoms with Crippen molar-refractivity contribution in [3.63, 3.8) is 0 Å². The van der Waals surface area contributed by atoms with Crippen LogP contribution >= 0.6 is 11.6 Å². The van der Waals surface area contributed by atoms with Crippen LogP contribution in [0.15, 0.2) is 48.1 Å². The maximum Gasteiger partial charge on any atom is 0.227 e. The first kappa shape index (κ1) is 28.0. The van der Waals surface area contributed by atoms with E-state index in [4.69, 9.17) is 11.6 Å². The van der Waals surface area contributed by atoms with Crippen molar-refractivity contribution in [3.8, 4) is 5.69 Å². The molecule has 2 saturated heterocycles. The van der Waals surface area contributed by atoms with Crippen LogP contribution in [-0.4, -0.2) is 57.2 Å². The van der Waals surface area contributed by atoms with E-state index in [9.17, 15) is 18.0 Å². The summed E-state index contributed by atoms with van der Waals surface area (Å²) < 4.78 is 44.2. The number of piperidine rings is 1. The topological polar surface area (TPSA) is 41.4 Å². The Morgan fingerprint density at radius 2 is 1.79 bits per heavy atom. The summed E-state index contributed by atoms with van der Waals surface area (Å²) in [7, 11) is 0. The number of hydrogen-bond donors (Lipinski definition) is 0. The Labute approximate surface area is 233 Å². The highest BCUT2D eigenvalue weighted by Gasteiger charge is 2.47. The predicted molar refractivity (Wildman–Crippen MR) is 147 cm³/mol. The van der Waals surface area contributed by atoms with E-state index in [2.05, 4.69) is 30.8 Å². The number of allylic oxidation sites excluding steroid dienone is 4. The fourth-order valence-electron chi connectivity index (χ4n) is 6.34. The molecule has 1 amide bonds. The van der Waals surface area contributed by atoms with Crippen molar-refractivity contribution in [2.45, 2.75) is 58.4 Å². The number of amides is 1. The molecule has 3 atom stereocenters. The van der Waals surface area contributed by atoms with Gasteiger partial charge in [0.1, 0.15) is 17.5 Å². The maximum atomic E-state index is 14.9. The van der Waals surface area contributed by atoms with Crippen LogP contribution in [0.5, 0.6) is 0 Å². The van der Waals surface area contributed by atoms with Crippen LogP contribution in [-0.2, 0) is 4.79 Å². The average molecular weight is 561 g/mol. The normalized spacial score (nSPS) is 25.1. The standard InChI is InChI=1S/C30H36ClF3N4O/c1-18-13-28(38(35-18)21-6-8-26(33)25(31)15-21)19-9-11-36(12-10-19)29(39)24-17-37(30(2,3)4)16-23(24)22-7-5-20(32)14-27(22)34/h5-6,8,13-15,19,22-24H,7,9-12,16-17H2,1-4H3/t22?,23-,24+/m0/s1. The molecule has 3 aliphatic rings. The number of aryl methyl sites for hydroxylation is 1. The molecule has 3 heterocycles. The fourth-order valence-corrected chi connectivity index (χ4v) is 6.51. The number of carbonyl (C=O) groups is 1. The van der Waals surface area contributed by atoms with E-state index in [0.29, 0.717) is 31.9 Å². The number of likely N-dealkylation sites (tertiary alicyclic amines) is 2. The minimum absolute atomic E-state index is 0.0462. The lowest BCUT2D eigenvalue weighted by Gasteiger charge is -2.36. The van der Waals surface area contributed by atoms with Crippen molar-refractivity contribution in [2.24, 2.45) is 17.8 Å². The van der Waals surface area contributed by atoms with E-state index >= 15 is 0 Å². The van der Waals surface area contributed by atoms with E-state index in [1.54, 1.807) is 12.1 Å². The van der Waals surface area contributed by atoms with Gasteiger partial charge in [0.15, 0.2) is 0 Å². The van der Waals surface area contributed by atoms with Gasteiger partial charge in [-0.1, -0.05) is 11.6 Å². The summed E-state index contributed by atoms with van der Waals surface area (Å²) in [5, 5.41) is 4.67. The molecule has 1 unspecified atom stereocenters. The van der Waals surface area contributed by atoms with Gasteiger partial charge in [-0.25, -0.2) is 17.9 Å². The van der Waals surface area contributed by atoms with E-state index < -0.39 is 23.4 Å². The zero-order chi connectivity index (χ0) is 28.1. The molecule has 0 N–H and O–H groups in total. The highest BCUT2D eigenvalue weighted by molar-refractivity contribution is 6.30. The molecule has 210 valence electrons. The van der Waals surface area contributed by atoms with Crippen molar-refractivity contribution in [1.29, 1.82) is 0 Å². The molecule has 2 aliphatic heterocycles. The van der Waals surface area contributed by atoms with Crippen molar-refractivity contribution in [1.82, 2.24) is 19.6 Å². The first-order valence-electron chi connectivity index (χ1n) is 13.7. The second-order valence-corrected chi connectivity index (χ2v) is 12.5. The van der Waals surface area contributed by atoms with Crippen LogP contribution in [0.25, 0.3) is 5.69 Å². The van der Waals surface area contributed by atoms with Crippen molar-refractivity contribution in [3.05, 3.63) is 70.3 Å². The highest BCUT2D eigenvalue weighted by Crippen LogP contribution is 2.42. The van der Waals surface area contributed by atoms with Crippen LogP contribution in [0.1, 0.15) is 57.3 Å². The minimum Gasteiger partial charge on any atom is -0.342 e. The van der Waals surface area contributed by atoms with Gasteiger partial charge in [0.2, 0.25) is 5.91 Å². The molecule has 0 saturated carbocycles. The van der Waals surface area contributed by atoms with E-state index in [-0.39, 0.29) is 40.6 Å². The summed E-state index contributed by atoms with van der Waals surface area (Å²) in [6.07, 6.45) is 4.20. The maximum absolute atomic E-state index is 14.9. The second-order valence-electron chi connectivity index (χ2n) is 12.1. The Balaban J connectivity index is 1.31. The van der Waals surface area contributed by atoms with Gasteiger partial charge in [-0.05, 0) is 83.2 Å². The molecule has 1 aromatic heterocycles. The molecule has 0 spiro atoms. The third kappa shape index (κ3) is 5.68. The van der Waals surface area contributed by atoms with Crippen LogP contribution in [0.4, 0.5) is 13.2 Å². The lowest BCUT2D eigenvalue weighted by molar-refractivity contribution is -0.138. The van der Waals surface area contributed by atoms with E-state index in [1.165, 1.54) is 12.1 Å². The van der Waals surface area contributed by atoms with Gasteiger partial charge in [-0.2, -0.15) is 5.10 Å². The summed E-state index contributed by atoms with van der Waals surface area (Å²) in [4.78, 5) is 18.1. The molecule has 0 radical (unpaired) electrons. The zero-order valence-corrected chi connectivity index (χ0v) is 23.7. The lowest BCUT2D eigenvalue weighted by Crippen LogP contribution is -2.45. The van der Waals surface area contributed by atoms with Crippen molar-refractivity contribution >= 4 is 17.5 Å². The molecule has 39 heavy (non-hydrogen) atoms. The number of rotatable bonds is 4. The molecule has 0 bridgehead atoms. The first-order valence-corrected chi connectivity index (χ1v) is 14.1. The Bertz CT molecular complexity index is 1310. The Morgan fingerprint density at radius 3 is 2.44 bits per heavy atom. The minimum atomic E-state index is -0.545. The molecule has 1 aromatic carbocycles. The fraction of sp³-hybridized carbons (Fsp3) is 0.533. The molecule has 5 nitrogen and oxygen atoms in total. The number of carbonyl (C=O) groups excluding carboxylic acids is 1.